The first-order valence-corrected chi connectivity index (χ1v) is 7.96. The van der Waals surface area contributed by atoms with Gasteiger partial charge in [0.15, 0.2) is 0 Å². The normalized spacial score (nSPS) is 18.7. The molecular weight excluding hydrogens is 256 g/mol. The van der Waals surface area contributed by atoms with E-state index in [9.17, 15) is 0 Å². The summed E-state index contributed by atoms with van der Waals surface area (Å²) in [6, 6.07) is 20.3. The van der Waals surface area contributed by atoms with Gasteiger partial charge in [-0.3, -0.25) is 0 Å². The van der Waals surface area contributed by atoms with Gasteiger partial charge in [-0.05, 0) is 36.1 Å². The first-order valence-electron chi connectivity index (χ1n) is 7.96. The molecule has 2 aromatic carbocycles. The van der Waals surface area contributed by atoms with Gasteiger partial charge in [-0.15, -0.1) is 0 Å². The van der Waals surface area contributed by atoms with Crippen molar-refractivity contribution in [2.24, 2.45) is 0 Å². The Kier molecular flexibility index (Phi) is 4.56. The largest absolute Gasteiger partial charge is 0.369 e. The van der Waals surface area contributed by atoms with Gasteiger partial charge in [0.05, 0.1) is 0 Å². The Morgan fingerprint density at radius 2 is 1.86 bits per heavy atom. The lowest BCUT2D eigenvalue weighted by atomic mass is 10.0. The summed E-state index contributed by atoms with van der Waals surface area (Å²) in [6.07, 6.45) is 2.21. The van der Waals surface area contributed by atoms with E-state index in [0.29, 0.717) is 6.04 Å². The first-order chi connectivity index (χ1) is 10.3. The number of hydrogen-bond donors (Lipinski definition) is 1. The minimum Gasteiger partial charge on any atom is -0.369 e. The van der Waals surface area contributed by atoms with Gasteiger partial charge in [-0.25, -0.2) is 0 Å². The van der Waals surface area contributed by atoms with Crippen molar-refractivity contribution in [1.29, 1.82) is 0 Å². The molecule has 0 aliphatic carbocycles. The van der Waals surface area contributed by atoms with Crippen LogP contribution in [0.4, 0.5) is 5.69 Å². The fourth-order valence-corrected chi connectivity index (χ4v) is 3.07. The minimum atomic E-state index is 0.534. The quantitative estimate of drug-likeness (QED) is 0.924. The van der Waals surface area contributed by atoms with E-state index in [0.717, 1.165) is 32.5 Å². The molecule has 1 saturated heterocycles. The van der Waals surface area contributed by atoms with Crippen LogP contribution in [0.25, 0.3) is 0 Å². The molecule has 1 unspecified atom stereocenters. The van der Waals surface area contributed by atoms with Crippen LogP contribution in [0.1, 0.15) is 18.1 Å². The maximum absolute atomic E-state index is 3.65. The molecule has 1 fully saturated rings. The fraction of sp³-hybridized carbons (Fsp3) is 0.368. The second-order valence-corrected chi connectivity index (χ2v) is 5.81. The molecule has 0 saturated carbocycles. The van der Waals surface area contributed by atoms with E-state index in [1.165, 1.54) is 16.8 Å². The number of benzene rings is 2. The van der Waals surface area contributed by atoms with Crippen LogP contribution in [0.3, 0.4) is 0 Å². The van der Waals surface area contributed by atoms with E-state index in [2.05, 4.69) is 71.7 Å². The third-order valence-corrected chi connectivity index (χ3v) is 4.26. The molecule has 2 nitrogen and oxygen atoms in total. The van der Waals surface area contributed by atoms with Gasteiger partial charge in [0, 0.05) is 31.4 Å². The molecule has 0 radical (unpaired) electrons. The smallest absolute Gasteiger partial charge is 0.0369 e. The van der Waals surface area contributed by atoms with Crippen molar-refractivity contribution in [3.05, 3.63) is 65.7 Å². The van der Waals surface area contributed by atoms with Crippen LogP contribution in [0.5, 0.6) is 0 Å². The maximum atomic E-state index is 3.65. The highest BCUT2D eigenvalue weighted by Crippen LogP contribution is 2.19. The number of piperazine rings is 1. The number of nitrogens with zero attached hydrogens (tertiary/aromatic N) is 1. The lowest BCUT2D eigenvalue weighted by Gasteiger charge is -2.35. The zero-order valence-corrected chi connectivity index (χ0v) is 12.8. The van der Waals surface area contributed by atoms with Gasteiger partial charge in [0.1, 0.15) is 0 Å². The molecule has 1 atom stereocenters. The predicted molar refractivity (Wildman–Crippen MR) is 90.0 cm³/mol. The summed E-state index contributed by atoms with van der Waals surface area (Å²) in [5.74, 6) is 0. The second kappa shape index (κ2) is 6.77. The Morgan fingerprint density at radius 1 is 1.05 bits per heavy atom. The van der Waals surface area contributed by atoms with Crippen molar-refractivity contribution in [2.75, 3.05) is 24.5 Å². The van der Waals surface area contributed by atoms with Gasteiger partial charge in [0.2, 0.25) is 0 Å². The molecule has 110 valence electrons. The summed E-state index contributed by atoms with van der Waals surface area (Å²) in [5, 5.41) is 3.65. The molecule has 3 rings (SSSR count). The zero-order valence-electron chi connectivity index (χ0n) is 12.8. The van der Waals surface area contributed by atoms with E-state index in [1.807, 2.05) is 0 Å². The lowest BCUT2D eigenvalue weighted by molar-refractivity contribution is 0.454. The third kappa shape index (κ3) is 3.64. The highest BCUT2D eigenvalue weighted by Gasteiger charge is 2.19. The van der Waals surface area contributed by atoms with Gasteiger partial charge < -0.3 is 10.2 Å². The Morgan fingerprint density at radius 3 is 2.67 bits per heavy atom. The lowest BCUT2D eigenvalue weighted by Crippen LogP contribution is -2.51. The number of aryl methyl sites for hydroxylation is 1. The number of nitrogens with one attached hydrogen (secondary N) is 1. The van der Waals surface area contributed by atoms with Crippen molar-refractivity contribution in [3.63, 3.8) is 0 Å². The number of anilines is 1. The Bertz CT molecular complexity index is 565. The summed E-state index contributed by atoms with van der Waals surface area (Å²) in [5.41, 5.74) is 4.21. The van der Waals surface area contributed by atoms with Gasteiger partial charge in [-0.2, -0.15) is 0 Å². The third-order valence-electron chi connectivity index (χ3n) is 4.26. The number of hydrogen-bond acceptors (Lipinski definition) is 2. The van der Waals surface area contributed by atoms with Crippen LogP contribution in [-0.2, 0) is 12.8 Å². The topological polar surface area (TPSA) is 15.3 Å². The molecular formula is C19H24N2. The molecule has 1 heterocycles. The van der Waals surface area contributed by atoms with Crippen LogP contribution in [0, 0.1) is 0 Å². The average molecular weight is 280 g/mol. The van der Waals surface area contributed by atoms with E-state index in [1.54, 1.807) is 0 Å². The van der Waals surface area contributed by atoms with Crippen LogP contribution < -0.4 is 10.2 Å². The van der Waals surface area contributed by atoms with Gasteiger partial charge in [-0.1, -0.05) is 49.4 Å². The molecule has 1 aliphatic heterocycles. The summed E-state index contributed by atoms with van der Waals surface area (Å²) < 4.78 is 0. The Labute approximate surface area is 127 Å². The molecule has 0 aromatic heterocycles. The summed E-state index contributed by atoms with van der Waals surface area (Å²) in [6.45, 7) is 5.46. The first kappa shape index (κ1) is 14.2. The summed E-state index contributed by atoms with van der Waals surface area (Å²) >= 11 is 0. The molecule has 2 aromatic rings. The Hall–Kier alpha value is -1.80. The van der Waals surface area contributed by atoms with Crippen LogP contribution in [0.2, 0.25) is 0 Å². The average Bonchev–Trinajstić information content (AvgIpc) is 2.56. The van der Waals surface area contributed by atoms with Crippen molar-refractivity contribution in [2.45, 2.75) is 25.8 Å². The van der Waals surface area contributed by atoms with E-state index >= 15 is 0 Å². The number of rotatable bonds is 4. The van der Waals surface area contributed by atoms with Crippen molar-refractivity contribution in [3.8, 4) is 0 Å². The van der Waals surface area contributed by atoms with E-state index < -0.39 is 0 Å². The van der Waals surface area contributed by atoms with Crippen LogP contribution in [0.15, 0.2) is 54.6 Å². The molecule has 1 aliphatic rings. The predicted octanol–water partition coefficient (Wildman–Crippen LogP) is 3.27. The molecule has 0 spiro atoms. The van der Waals surface area contributed by atoms with Gasteiger partial charge >= 0.3 is 0 Å². The summed E-state index contributed by atoms with van der Waals surface area (Å²) in [4.78, 5) is 2.52. The highest BCUT2D eigenvalue weighted by atomic mass is 15.2. The van der Waals surface area contributed by atoms with Crippen LogP contribution in [-0.4, -0.2) is 25.7 Å². The van der Waals surface area contributed by atoms with Crippen LogP contribution >= 0.6 is 0 Å². The van der Waals surface area contributed by atoms with E-state index in [-0.39, 0.29) is 0 Å². The van der Waals surface area contributed by atoms with Crippen molar-refractivity contribution < 1.29 is 0 Å². The van der Waals surface area contributed by atoms with Gasteiger partial charge in [0.25, 0.3) is 0 Å². The Balaban J connectivity index is 1.67. The molecule has 1 N–H and O–H groups in total. The minimum absolute atomic E-state index is 0.534. The molecule has 0 bridgehead atoms. The standard InChI is InChI=1S/C19H24N2/c1-2-16-9-6-10-19(14-16)21-12-11-20-18(15-21)13-17-7-4-3-5-8-17/h3-10,14,18,20H,2,11-13,15H2,1H3. The molecule has 0 amide bonds. The molecule has 21 heavy (non-hydrogen) atoms. The molecule has 2 heteroatoms. The highest BCUT2D eigenvalue weighted by molar-refractivity contribution is 5.49. The van der Waals surface area contributed by atoms with E-state index in [4.69, 9.17) is 0 Å². The SMILES string of the molecule is CCc1cccc(N2CCNC(Cc3ccccc3)C2)c1. The fourth-order valence-electron chi connectivity index (χ4n) is 3.07. The zero-order chi connectivity index (χ0) is 14.5. The second-order valence-electron chi connectivity index (χ2n) is 5.81. The summed E-state index contributed by atoms with van der Waals surface area (Å²) in [7, 11) is 0. The van der Waals surface area contributed by atoms with Crippen molar-refractivity contribution in [1.82, 2.24) is 5.32 Å². The monoisotopic (exact) mass is 280 g/mol. The maximum Gasteiger partial charge on any atom is 0.0369 e. The van der Waals surface area contributed by atoms with Crippen molar-refractivity contribution >= 4 is 5.69 Å².